The van der Waals surface area contributed by atoms with Crippen LogP contribution in [0.4, 0.5) is 0 Å². The molecule has 0 spiro atoms. The maximum Gasteiger partial charge on any atom is 0.335 e. The Labute approximate surface area is 324 Å². The predicted octanol–water partition coefficient (Wildman–Crippen LogP) is 4.71. The van der Waals surface area contributed by atoms with E-state index in [2.05, 4.69) is 16.8 Å². The number of aryl methyl sites for hydroxylation is 2. The summed E-state index contributed by atoms with van der Waals surface area (Å²) in [6.07, 6.45) is 16.7. The number of carbonyl (C=O) groups excluding carboxylic acids is 3. The molecular weight excluding hydrogens is 706 g/mol. The fraction of sp³-hybridized carbons (Fsp3) is 0.535. The highest BCUT2D eigenvalue weighted by atomic mass is 16.6. The minimum atomic E-state index is -0.954. The lowest BCUT2D eigenvalue weighted by molar-refractivity contribution is -0.158. The van der Waals surface area contributed by atoms with E-state index in [0.29, 0.717) is 61.8 Å². The number of aliphatic hydroxyl groups excluding tert-OH is 3. The number of aliphatic hydroxyl groups is 3. The monoisotopic (exact) mass is 761 g/mol. The van der Waals surface area contributed by atoms with E-state index in [1.54, 1.807) is 6.92 Å². The van der Waals surface area contributed by atoms with Crippen LogP contribution >= 0.6 is 0 Å². The zero-order valence-corrected chi connectivity index (χ0v) is 32.1. The average Bonchev–Trinajstić information content (AvgIpc) is 3.45. The van der Waals surface area contributed by atoms with E-state index < -0.39 is 48.4 Å². The Hall–Kier alpha value is -4.56. The molecule has 1 saturated carbocycles. The van der Waals surface area contributed by atoms with Crippen molar-refractivity contribution in [3.63, 3.8) is 0 Å². The van der Waals surface area contributed by atoms with Gasteiger partial charge in [0.2, 0.25) is 0 Å². The van der Waals surface area contributed by atoms with Crippen molar-refractivity contribution < 1.29 is 53.4 Å². The van der Waals surface area contributed by atoms with Crippen molar-refractivity contribution in [1.29, 1.82) is 0 Å². The highest BCUT2D eigenvalue weighted by Gasteiger charge is 2.40. The third-order valence-electron chi connectivity index (χ3n) is 9.64. The number of hydrogen-bond acceptors (Lipinski definition) is 12. The first-order chi connectivity index (χ1) is 26.4. The number of pyridine rings is 1. The molecule has 0 bridgehead atoms. The molecule has 1 aromatic heterocycles. The number of terminal acetylenes is 2. The van der Waals surface area contributed by atoms with Crippen molar-refractivity contribution in [3.05, 3.63) is 71.1 Å². The van der Waals surface area contributed by atoms with E-state index in [1.165, 1.54) is 25.6 Å². The molecule has 1 aliphatic carbocycles. The van der Waals surface area contributed by atoms with Crippen LogP contribution in [-0.2, 0) is 53.0 Å². The van der Waals surface area contributed by atoms with Crippen LogP contribution in [0.1, 0.15) is 87.6 Å². The Morgan fingerprint density at radius 1 is 0.927 bits per heavy atom. The van der Waals surface area contributed by atoms with Crippen LogP contribution in [-0.4, -0.2) is 81.9 Å². The molecule has 55 heavy (non-hydrogen) atoms. The van der Waals surface area contributed by atoms with Crippen molar-refractivity contribution >= 4 is 17.9 Å². The molecule has 3 N–H and O–H groups in total. The highest BCUT2D eigenvalue weighted by molar-refractivity contribution is 5.75. The second-order valence-corrected chi connectivity index (χ2v) is 13.7. The normalized spacial score (nSPS) is 19.6. The fourth-order valence-corrected chi connectivity index (χ4v) is 6.42. The topological polar surface area (TPSA) is 171 Å². The predicted molar refractivity (Wildman–Crippen MR) is 204 cm³/mol. The number of hydrogen-bond donors (Lipinski definition) is 3. The first-order valence-corrected chi connectivity index (χ1v) is 18.8. The van der Waals surface area contributed by atoms with Crippen LogP contribution in [0.5, 0.6) is 5.75 Å². The lowest BCUT2D eigenvalue weighted by Crippen LogP contribution is -2.25. The van der Waals surface area contributed by atoms with Crippen LogP contribution in [0, 0.1) is 43.4 Å². The number of rotatable bonds is 23. The second-order valence-electron chi connectivity index (χ2n) is 13.7. The molecule has 3 rings (SSSR count). The number of carbonyl (C=O) groups is 3. The van der Waals surface area contributed by atoms with Gasteiger partial charge >= 0.3 is 17.9 Å². The number of benzene rings is 1. The third kappa shape index (κ3) is 15.2. The first-order valence-electron chi connectivity index (χ1n) is 18.8. The van der Waals surface area contributed by atoms with Gasteiger partial charge in [-0.15, -0.1) is 12.8 Å². The van der Waals surface area contributed by atoms with Crippen molar-refractivity contribution in [2.45, 2.75) is 122 Å². The van der Waals surface area contributed by atoms with Gasteiger partial charge in [0.1, 0.15) is 26.4 Å². The first kappa shape index (κ1) is 44.8. The Morgan fingerprint density at radius 2 is 1.56 bits per heavy atom. The van der Waals surface area contributed by atoms with E-state index in [-0.39, 0.29) is 50.4 Å². The number of ether oxygens (including phenoxy) is 5. The maximum atomic E-state index is 13.0. The second kappa shape index (κ2) is 24.1. The van der Waals surface area contributed by atoms with Gasteiger partial charge in [-0.05, 0) is 89.5 Å². The van der Waals surface area contributed by atoms with Gasteiger partial charge in [0.15, 0.2) is 18.0 Å². The molecule has 1 aromatic carbocycles. The van der Waals surface area contributed by atoms with Gasteiger partial charge in [-0.25, -0.2) is 9.59 Å². The van der Waals surface area contributed by atoms with Gasteiger partial charge < -0.3 is 39.0 Å². The molecule has 298 valence electrons. The summed E-state index contributed by atoms with van der Waals surface area (Å²) in [4.78, 5) is 42.4. The Morgan fingerprint density at radius 3 is 2.22 bits per heavy atom. The molecule has 0 saturated heterocycles. The SMILES string of the molecule is C#CCOC(C)C(=O)OCc1cnc(C)c(OC(=O)CCC/C=C\C[C@@H]2[C@@H](CC[C@@H](O)CCc3ccccc3)[C@H](O)C[C@@H]2O)c1COC(=O)C(C)OCC#C. The van der Waals surface area contributed by atoms with Gasteiger partial charge in [-0.1, -0.05) is 54.3 Å². The lowest BCUT2D eigenvalue weighted by Gasteiger charge is -2.23. The largest absolute Gasteiger partial charge is 0.459 e. The smallest absolute Gasteiger partial charge is 0.335 e. The zero-order chi connectivity index (χ0) is 40.2. The zero-order valence-electron chi connectivity index (χ0n) is 32.1. The molecule has 0 radical (unpaired) electrons. The molecule has 7 atom stereocenters. The van der Waals surface area contributed by atoms with Gasteiger partial charge in [0.05, 0.1) is 24.0 Å². The molecular formula is C43H55NO11. The van der Waals surface area contributed by atoms with Gasteiger partial charge in [-0.3, -0.25) is 9.78 Å². The summed E-state index contributed by atoms with van der Waals surface area (Å²) in [6, 6.07) is 10.0. The Bertz CT molecular complexity index is 1630. The number of esters is 3. The lowest BCUT2D eigenvalue weighted by atomic mass is 9.85. The quantitative estimate of drug-likeness (QED) is 0.0618. The number of unbranched alkanes of at least 4 members (excludes halogenated alkanes) is 1. The van der Waals surface area contributed by atoms with Crippen LogP contribution in [0.3, 0.4) is 0 Å². The average molecular weight is 762 g/mol. The van der Waals surface area contributed by atoms with Crippen LogP contribution < -0.4 is 4.74 Å². The van der Waals surface area contributed by atoms with E-state index >= 15 is 0 Å². The summed E-state index contributed by atoms with van der Waals surface area (Å²) < 4.78 is 27.1. The van der Waals surface area contributed by atoms with Crippen molar-refractivity contribution in [2.75, 3.05) is 13.2 Å². The van der Waals surface area contributed by atoms with Crippen LogP contribution in [0.15, 0.2) is 48.7 Å². The molecule has 12 nitrogen and oxygen atoms in total. The van der Waals surface area contributed by atoms with Crippen molar-refractivity contribution in [2.24, 2.45) is 11.8 Å². The Balaban J connectivity index is 1.55. The summed E-state index contributed by atoms with van der Waals surface area (Å²) in [6.45, 7) is 3.86. The molecule has 2 aromatic rings. The minimum Gasteiger partial charge on any atom is -0.459 e. The van der Waals surface area contributed by atoms with Crippen molar-refractivity contribution in [3.8, 4) is 30.4 Å². The maximum absolute atomic E-state index is 13.0. The fourth-order valence-electron chi connectivity index (χ4n) is 6.42. The molecule has 1 fully saturated rings. The molecule has 12 heteroatoms. The summed E-state index contributed by atoms with van der Waals surface area (Å²) >= 11 is 0. The third-order valence-corrected chi connectivity index (χ3v) is 9.64. The van der Waals surface area contributed by atoms with E-state index in [9.17, 15) is 29.7 Å². The number of nitrogens with zero attached hydrogens (tertiary/aromatic N) is 1. The standard InChI is InChI=1S/C43H55NO11/c1-6-23-51-30(4)42(49)53-27-33-26-44-29(3)41(37(33)28-54-43(50)31(5)52-24-7-2)55-40(48)18-14-9-8-13-17-35-36(39(47)25-38(35)46)22-21-34(45)20-19-32-15-11-10-12-16-32/h1-2,8,10-13,15-16,26,30-31,34-36,38-39,45-47H,9,14,17-25,27-28H2,3-5H3/b13-8-/t30?,31?,34-,35+,36+,38-,39+/m0/s1. The minimum absolute atomic E-state index is 0.0669. The highest BCUT2D eigenvalue weighted by Crippen LogP contribution is 2.38. The summed E-state index contributed by atoms with van der Waals surface area (Å²) in [5.74, 6) is 2.50. The molecule has 2 unspecified atom stereocenters. The number of allylic oxidation sites excluding steroid dienone is 2. The summed E-state index contributed by atoms with van der Waals surface area (Å²) in [7, 11) is 0. The summed E-state index contributed by atoms with van der Waals surface area (Å²) in [5.41, 5.74) is 2.16. The van der Waals surface area contributed by atoms with Crippen LogP contribution in [0.25, 0.3) is 0 Å². The van der Waals surface area contributed by atoms with E-state index in [4.69, 9.17) is 36.5 Å². The van der Waals surface area contributed by atoms with E-state index in [1.807, 2.05) is 42.5 Å². The van der Waals surface area contributed by atoms with Gasteiger partial charge in [0, 0.05) is 23.7 Å². The number of aromatic nitrogens is 1. The molecule has 1 aliphatic rings. The van der Waals surface area contributed by atoms with Crippen molar-refractivity contribution in [1.82, 2.24) is 4.98 Å². The summed E-state index contributed by atoms with van der Waals surface area (Å²) in [5, 5.41) is 31.9. The molecule has 0 aliphatic heterocycles. The van der Waals surface area contributed by atoms with Gasteiger partial charge in [-0.2, -0.15) is 0 Å². The van der Waals surface area contributed by atoms with E-state index in [0.717, 1.165) is 6.42 Å². The van der Waals surface area contributed by atoms with Gasteiger partial charge in [0.25, 0.3) is 0 Å². The van der Waals surface area contributed by atoms with Crippen LogP contribution in [0.2, 0.25) is 0 Å². The molecule has 0 amide bonds. The Kier molecular flexibility index (Phi) is 19.6. The molecule has 1 heterocycles.